The molecule has 3 heteroatoms. The molecule has 13 heavy (non-hydrogen) atoms. The number of nitrogens with one attached hydrogen (secondary N) is 1. The lowest BCUT2D eigenvalue weighted by molar-refractivity contribution is 0.218. The number of fused-ring (bicyclic) bond motifs is 1. The summed E-state index contributed by atoms with van der Waals surface area (Å²) in [5.41, 5.74) is 3.29. The van der Waals surface area contributed by atoms with Gasteiger partial charge in [-0.05, 0) is 24.1 Å². The van der Waals surface area contributed by atoms with Gasteiger partial charge in [-0.15, -0.1) is 0 Å². The van der Waals surface area contributed by atoms with Crippen molar-refractivity contribution in [2.45, 2.75) is 13.5 Å². The molecule has 3 nitrogen and oxygen atoms in total. The Balaban J connectivity index is 2.42. The molecular formula is C10H12N2O. The van der Waals surface area contributed by atoms with Crippen molar-refractivity contribution in [2.75, 3.05) is 12.4 Å². The van der Waals surface area contributed by atoms with E-state index in [9.17, 15) is 4.79 Å². The van der Waals surface area contributed by atoms with Gasteiger partial charge < -0.3 is 10.2 Å². The topological polar surface area (TPSA) is 32.3 Å². The van der Waals surface area contributed by atoms with Crippen LogP contribution in [-0.2, 0) is 6.54 Å². The van der Waals surface area contributed by atoms with Crippen molar-refractivity contribution in [3.8, 4) is 0 Å². The average molecular weight is 176 g/mol. The van der Waals surface area contributed by atoms with E-state index in [2.05, 4.69) is 17.4 Å². The van der Waals surface area contributed by atoms with E-state index < -0.39 is 0 Å². The third kappa shape index (κ3) is 1.37. The molecule has 0 bridgehead atoms. The van der Waals surface area contributed by atoms with Gasteiger partial charge in [0.2, 0.25) is 0 Å². The van der Waals surface area contributed by atoms with Gasteiger partial charge in [-0.1, -0.05) is 12.1 Å². The van der Waals surface area contributed by atoms with Crippen molar-refractivity contribution < 1.29 is 4.79 Å². The molecule has 1 aliphatic heterocycles. The third-order valence-electron chi connectivity index (χ3n) is 2.26. The highest BCUT2D eigenvalue weighted by Gasteiger charge is 2.18. The number of benzene rings is 1. The monoisotopic (exact) mass is 176 g/mol. The van der Waals surface area contributed by atoms with E-state index >= 15 is 0 Å². The quantitative estimate of drug-likeness (QED) is 0.644. The number of aryl methyl sites for hydroxylation is 1. The molecule has 0 aliphatic carbocycles. The number of amides is 2. The molecule has 1 aromatic carbocycles. The molecule has 0 fully saturated rings. The minimum absolute atomic E-state index is 0.0295. The zero-order valence-electron chi connectivity index (χ0n) is 7.79. The second-order valence-electron chi connectivity index (χ2n) is 3.45. The summed E-state index contributed by atoms with van der Waals surface area (Å²) >= 11 is 0. The zero-order chi connectivity index (χ0) is 9.42. The van der Waals surface area contributed by atoms with Crippen molar-refractivity contribution in [1.29, 1.82) is 0 Å². The van der Waals surface area contributed by atoms with E-state index in [4.69, 9.17) is 0 Å². The molecule has 68 valence electrons. The Bertz CT molecular complexity index is 360. The second-order valence-corrected chi connectivity index (χ2v) is 3.45. The van der Waals surface area contributed by atoms with Crippen molar-refractivity contribution in [2.24, 2.45) is 0 Å². The lowest BCUT2D eigenvalue weighted by Gasteiger charge is -2.25. The van der Waals surface area contributed by atoms with Crippen molar-refractivity contribution >= 4 is 11.7 Å². The van der Waals surface area contributed by atoms with E-state index in [1.54, 1.807) is 11.9 Å². The molecule has 0 atom stereocenters. The highest BCUT2D eigenvalue weighted by molar-refractivity contribution is 5.92. The Morgan fingerprint density at radius 1 is 1.46 bits per heavy atom. The summed E-state index contributed by atoms with van der Waals surface area (Å²) in [7, 11) is 1.79. The SMILES string of the molecule is Cc1ccc2c(c1)NC(=O)N(C)C2. The molecule has 0 saturated heterocycles. The first-order valence-electron chi connectivity index (χ1n) is 4.28. The number of carbonyl (C=O) groups is 1. The van der Waals surface area contributed by atoms with Gasteiger partial charge in [-0.25, -0.2) is 4.79 Å². The highest BCUT2D eigenvalue weighted by atomic mass is 16.2. The first-order valence-corrected chi connectivity index (χ1v) is 4.28. The van der Waals surface area contributed by atoms with Crippen molar-refractivity contribution in [1.82, 2.24) is 4.90 Å². The fourth-order valence-corrected chi connectivity index (χ4v) is 1.48. The van der Waals surface area contributed by atoms with Crippen LogP contribution in [0.2, 0.25) is 0 Å². The van der Waals surface area contributed by atoms with E-state index in [-0.39, 0.29) is 6.03 Å². The van der Waals surface area contributed by atoms with Crippen molar-refractivity contribution in [3.05, 3.63) is 29.3 Å². The van der Waals surface area contributed by atoms with E-state index in [1.165, 1.54) is 11.1 Å². The van der Waals surface area contributed by atoms with E-state index in [0.717, 1.165) is 5.69 Å². The molecule has 2 rings (SSSR count). The average Bonchev–Trinajstić information content (AvgIpc) is 2.08. The van der Waals surface area contributed by atoms with Gasteiger partial charge in [0.15, 0.2) is 0 Å². The van der Waals surface area contributed by atoms with Gasteiger partial charge in [0.1, 0.15) is 0 Å². The highest BCUT2D eigenvalue weighted by Crippen LogP contribution is 2.23. The predicted molar refractivity (Wildman–Crippen MR) is 51.7 cm³/mol. The van der Waals surface area contributed by atoms with E-state index in [1.807, 2.05) is 13.0 Å². The molecule has 1 N–H and O–H groups in total. The normalized spacial score (nSPS) is 15.2. The number of hydrogen-bond acceptors (Lipinski definition) is 1. The fraction of sp³-hybridized carbons (Fsp3) is 0.300. The molecule has 1 aliphatic rings. The van der Waals surface area contributed by atoms with Gasteiger partial charge in [-0.2, -0.15) is 0 Å². The molecule has 0 saturated carbocycles. The van der Waals surface area contributed by atoms with Crippen LogP contribution < -0.4 is 5.32 Å². The summed E-state index contributed by atoms with van der Waals surface area (Å²) in [4.78, 5) is 12.9. The minimum atomic E-state index is -0.0295. The predicted octanol–water partition coefficient (Wildman–Crippen LogP) is 1.97. The maximum atomic E-state index is 11.3. The Hall–Kier alpha value is -1.51. The van der Waals surface area contributed by atoms with Crippen LogP contribution in [0.3, 0.4) is 0 Å². The second kappa shape index (κ2) is 2.76. The molecular weight excluding hydrogens is 164 g/mol. The summed E-state index contributed by atoms with van der Waals surface area (Å²) in [5, 5.41) is 2.84. The number of urea groups is 1. The summed E-state index contributed by atoms with van der Waals surface area (Å²) < 4.78 is 0. The van der Waals surface area contributed by atoms with Crippen molar-refractivity contribution in [3.63, 3.8) is 0 Å². The molecule has 0 unspecified atom stereocenters. The maximum Gasteiger partial charge on any atom is 0.321 e. The van der Waals surface area contributed by atoms with Crippen LogP contribution >= 0.6 is 0 Å². The minimum Gasteiger partial charge on any atom is -0.323 e. The van der Waals surface area contributed by atoms with E-state index in [0.29, 0.717) is 6.54 Å². The molecule has 1 aromatic rings. The van der Waals surface area contributed by atoms with Gasteiger partial charge in [-0.3, -0.25) is 0 Å². The lowest BCUT2D eigenvalue weighted by atomic mass is 10.1. The number of rotatable bonds is 0. The van der Waals surface area contributed by atoms with Gasteiger partial charge in [0.05, 0.1) is 0 Å². The number of anilines is 1. The van der Waals surface area contributed by atoms with Crippen LogP contribution in [0.5, 0.6) is 0 Å². The van der Waals surface area contributed by atoms with Gasteiger partial charge in [0.25, 0.3) is 0 Å². The summed E-state index contributed by atoms with van der Waals surface area (Å²) in [6.07, 6.45) is 0. The van der Waals surface area contributed by atoms with Crippen LogP contribution in [0.1, 0.15) is 11.1 Å². The zero-order valence-corrected chi connectivity index (χ0v) is 7.79. The number of carbonyl (C=O) groups excluding carboxylic acids is 1. The van der Waals surface area contributed by atoms with Gasteiger partial charge in [0, 0.05) is 19.3 Å². The summed E-state index contributed by atoms with van der Waals surface area (Å²) in [5.74, 6) is 0. The Morgan fingerprint density at radius 3 is 3.00 bits per heavy atom. The summed E-state index contributed by atoms with van der Waals surface area (Å²) in [6.45, 7) is 2.71. The number of nitrogens with zero attached hydrogens (tertiary/aromatic N) is 1. The molecule has 0 spiro atoms. The molecule has 0 radical (unpaired) electrons. The standard InChI is InChI=1S/C10H12N2O/c1-7-3-4-8-6-12(2)10(13)11-9(8)5-7/h3-5H,6H2,1-2H3,(H,11,13). The molecule has 1 heterocycles. The summed E-state index contributed by atoms with van der Waals surface area (Å²) in [6, 6.07) is 6.09. The Labute approximate surface area is 77.4 Å². The third-order valence-corrected chi connectivity index (χ3v) is 2.26. The van der Waals surface area contributed by atoms with Crippen LogP contribution in [0.4, 0.5) is 10.5 Å². The lowest BCUT2D eigenvalue weighted by Crippen LogP contribution is -2.35. The van der Waals surface area contributed by atoms with Crippen LogP contribution in [-0.4, -0.2) is 18.0 Å². The molecule has 0 aromatic heterocycles. The first-order chi connectivity index (χ1) is 6.16. The molecule has 2 amide bonds. The van der Waals surface area contributed by atoms with Crippen LogP contribution in [0.15, 0.2) is 18.2 Å². The smallest absolute Gasteiger partial charge is 0.321 e. The number of hydrogen-bond donors (Lipinski definition) is 1. The maximum absolute atomic E-state index is 11.3. The fourth-order valence-electron chi connectivity index (χ4n) is 1.48. The Morgan fingerprint density at radius 2 is 2.23 bits per heavy atom. The first kappa shape index (κ1) is 8.10. The largest absolute Gasteiger partial charge is 0.323 e. The Kier molecular flexibility index (Phi) is 1.72. The van der Waals surface area contributed by atoms with Crippen LogP contribution in [0, 0.1) is 6.92 Å². The van der Waals surface area contributed by atoms with Gasteiger partial charge >= 0.3 is 6.03 Å². The van der Waals surface area contributed by atoms with Crippen LogP contribution in [0.25, 0.3) is 0 Å².